The second-order valence-electron chi connectivity index (χ2n) is 6.00. The molecule has 1 unspecified atom stereocenters. The monoisotopic (exact) mass is 346 g/mol. The Balaban J connectivity index is 1.97. The lowest BCUT2D eigenvalue weighted by molar-refractivity contribution is -0.139. The van der Waals surface area contributed by atoms with E-state index in [0.717, 1.165) is 22.0 Å². The fourth-order valence-electron chi connectivity index (χ4n) is 3.35. The van der Waals surface area contributed by atoms with Crippen LogP contribution in [0.4, 0.5) is 0 Å². The molecule has 3 aromatic rings. The second kappa shape index (κ2) is 6.52. The van der Waals surface area contributed by atoms with Crippen molar-refractivity contribution in [3.63, 3.8) is 0 Å². The minimum Gasteiger partial charge on any atom is -0.462 e. The molecule has 2 aromatic carbocycles. The second-order valence-corrected chi connectivity index (χ2v) is 6.00. The molecule has 5 heteroatoms. The minimum atomic E-state index is -0.467. The largest absolute Gasteiger partial charge is 0.462 e. The molecule has 0 saturated carbocycles. The summed E-state index contributed by atoms with van der Waals surface area (Å²) >= 11 is 0. The Morgan fingerprint density at radius 3 is 2.73 bits per heavy atom. The van der Waals surface area contributed by atoms with E-state index in [0.29, 0.717) is 11.3 Å². The molecule has 0 amide bonds. The highest BCUT2D eigenvalue weighted by Gasteiger charge is 2.36. The molecule has 0 aliphatic carbocycles. The van der Waals surface area contributed by atoms with E-state index in [-0.39, 0.29) is 18.4 Å². The first-order chi connectivity index (χ1) is 12.7. The SMILES string of the molecule is CCOC(=O)C1=C(N)Oc2c(ccc3cccnc23)C1c1ccccc1. The number of pyridine rings is 1. The summed E-state index contributed by atoms with van der Waals surface area (Å²) in [7, 11) is 0. The molecule has 5 nitrogen and oxygen atoms in total. The smallest absolute Gasteiger partial charge is 0.340 e. The Labute approximate surface area is 151 Å². The van der Waals surface area contributed by atoms with Gasteiger partial charge in [-0.05, 0) is 18.6 Å². The summed E-state index contributed by atoms with van der Waals surface area (Å²) in [5, 5.41) is 0.949. The number of aromatic nitrogens is 1. The third-order valence-electron chi connectivity index (χ3n) is 4.46. The van der Waals surface area contributed by atoms with Crippen LogP contribution in [0.5, 0.6) is 5.75 Å². The van der Waals surface area contributed by atoms with Crippen LogP contribution in [0.25, 0.3) is 10.9 Å². The van der Waals surface area contributed by atoms with Gasteiger partial charge in [-0.25, -0.2) is 4.79 Å². The summed E-state index contributed by atoms with van der Waals surface area (Å²) in [5.74, 6) is -0.193. The maximum Gasteiger partial charge on any atom is 0.340 e. The molecular formula is C21H18N2O3. The van der Waals surface area contributed by atoms with Crippen LogP contribution in [0.1, 0.15) is 24.0 Å². The lowest BCUT2D eigenvalue weighted by Gasteiger charge is -2.29. The Hall–Kier alpha value is -3.34. The molecule has 0 bridgehead atoms. The van der Waals surface area contributed by atoms with Crippen LogP contribution in [-0.4, -0.2) is 17.6 Å². The Morgan fingerprint density at radius 1 is 1.15 bits per heavy atom. The zero-order chi connectivity index (χ0) is 18.1. The van der Waals surface area contributed by atoms with Crippen LogP contribution in [0.2, 0.25) is 0 Å². The first kappa shape index (κ1) is 16.1. The summed E-state index contributed by atoms with van der Waals surface area (Å²) < 4.78 is 11.1. The molecule has 130 valence electrons. The summed E-state index contributed by atoms with van der Waals surface area (Å²) in [6.45, 7) is 2.03. The lowest BCUT2D eigenvalue weighted by atomic mass is 9.82. The van der Waals surface area contributed by atoms with E-state index in [9.17, 15) is 4.79 Å². The van der Waals surface area contributed by atoms with E-state index in [1.807, 2.05) is 54.6 Å². The third-order valence-corrected chi connectivity index (χ3v) is 4.46. The van der Waals surface area contributed by atoms with Crippen molar-refractivity contribution in [2.75, 3.05) is 6.61 Å². The minimum absolute atomic E-state index is 0.0583. The van der Waals surface area contributed by atoms with E-state index in [1.54, 1.807) is 13.1 Å². The van der Waals surface area contributed by atoms with Gasteiger partial charge in [0.15, 0.2) is 5.75 Å². The normalized spacial score (nSPS) is 16.1. The van der Waals surface area contributed by atoms with Crippen molar-refractivity contribution in [3.05, 3.63) is 83.4 Å². The molecule has 1 aliphatic heterocycles. The topological polar surface area (TPSA) is 74.4 Å². The molecule has 4 rings (SSSR count). The highest BCUT2D eigenvalue weighted by Crippen LogP contribution is 2.45. The van der Waals surface area contributed by atoms with Gasteiger partial charge in [-0.2, -0.15) is 0 Å². The maximum absolute atomic E-state index is 12.6. The van der Waals surface area contributed by atoms with Gasteiger partial charge in [0.25, 0.3) is 0 Å². The van der Waals surface area contributed by atoms with Crippen molar-refractivity contribution >= 4 is 16.9 Å². The van der Waals surface area contributed by atoms with Crippen molar-refractivity contribution in [2.24, 2.45) is 5.73 Å². The summed E-state index contributed by atoms with van der Waals surface area (Å²) in [4.78, 5) is 17.1. The first-order valence-electron chi connectivity index (χ1n) is 8.48. The van der Waals surface area contributed by atoms with Crippen LogP contribution in [0, 0.1) is 0 Å². The van der Waals surface area contributed by atoms with E-state index in [1.165, 1.54) is 0 Å². The van der Waals surface area contributed by atoms with Gasteiger partial charge >= 0.3 is 5.97 Å². The van der Waals surface area contributed by atoms with Crippen molar-refractivity contribution < 1.29 is 14.3 Å². The molecule has 2 N–H and O–H groups in total. The first-order valence-corrected chi connectivity index (χ1v) is 8.48. The van der Waals surface area contributed by atoms with E-state index in [2.05, 4.69) is 4.98 Å². The fourth-order valence-corrected chi connectivity index (χ4v) is 3.35. The maximum atomic E-state index is 12.6. The number of rotatable bonds is 3. The zero-order valence-electron chi connectivity index (χ0n) is 14.3. The molecular weight excluding hydrogens is 328 g/mol. The van der Waals surface area contributed by atoms with Gasteiger partial charge in [0.2, 0.25) is 5.88 Å². The third kappa shape index (κ3) is 2.58. The molecule has 1 atom stereocenters. The number of fused-ring (bicyclic) bond motifs is 3. The van der Waals surface area contributed by atoms with Crippen molar-refractivity contribution in [1.82, 2.24) is 4.98 Å². The van der Waals surface area contributed by atoms with E-state index < -0.39 is 5.97 Å². The highest BCUT2D eigenvalue weighted by atomic mass is 16.5. The number of hydrogen-bond donors (Lipinski definition) is 1. The number of ether oxygens (including phenoxy) is 2. The quantitative estimate of drug-likeness (QED) is 0.735. The van der Waals surface area contributed by atoms with Gasteiger partial charge in [0.05, 0.1) is 12.5 Å². The van der Waals surface area contributed by atoms with Crippen molar-refractivity contribution in [1.29, 1.82) is 0 Å². The Morgan fingerprint density at radius 2 is 1.96 bits per heavy atom. The molecule has 0 saturated heterocycles. The van der Waals surface area contributed by atoms with Gasteiger partial charge in [-0.1, -0.05) is 48.5 Å². The van der Waals surface area contributed by atoms with Crippen LogP contribution >= 0.6 is 0 Å². The van der Waals surface area contributed by atoms with Crippen LogP contribution < -0.4 is 10.5 Å². The molecule has 0 radical (unpaired) electrons. The standard InChI is InChI=1S/C21H18N2O3/c1-2-25-21(24)17-16(13-7-4-3-5-8-13)15-11-10-14-9-6-12-23-18(14)19(15)26-20(17)22/h3-12,16H,2,22H2,1H3. The summed E-state index contributed by atoms with van der Waals surface area (Å²) in [5.41, 5.74) is 9.00. The van der Waals surface area contributed by atoms with Gasteiger partial charge < -0.3 is 15.2 Å². The Bertz CT molecular complexity index is 1010. The summed E-state index contributed by atoms with van der Waals surface area (Å²) in [6.07, 6.45) is 1.71. The molecule has 1 aliphatic rings. The molecule has 26 heavy (non-hydrogen) atoms. The van der Waals surface area contributed by atoms with Crippen molar-refractivity contribution in [3.8, 4) is 5.75 Å². The number of hydrogen-bond acceptors (Lipinski definition) is 5. The summed E-state index contributed by atoms with van der Waals surface area (Å²) in [6, 6.07) is 17.5. The molecule has 0 spiro atoms. The number of carbonyl (C=O) groups is 1. The van der Waals surface area contributed by atoms with Crippen molar-refractivity contribution in [2.45, 2.75) is 12.8 Å². The predicted molar refractivity (Wildman–Crippen MR) is 98.5 cm³/mol. The van der Waals surface area contributed by atoms with Gasteiger partial charge in [0.1, 0.15) is 11.1 Å². The molecule has 0 fully saturated rings. The average Bonchev–Trinajstić information content (AvgIpc) is 2.67. The number of nitrogens with zero attached hydrogens (tertiary/aromatic N) is 1. The van der Waals surface area contributed by atoms with Gasteiger partial charge in [-0.15, -0.1) is 0 Å². The van der Waals surface area contributed by atoms with Crippen LogP contribution in [-0.2, 0) is 9.53 Å². The highest BCUT2D eigenvalue weighted by molar-refractivity contribution is 5.95. The fraction of sp³-hybridized carbons (Fsp3) is 0.143. The van der Waals surface area contributed by atoms with Crippen LogP contribution in [0.15, 0.2) is 72.3 Å². The van der Waals surface area contributed by atoms with Gasteiger partial charge in [-0.3, -0.25) is 4.98 Å². The van der Waals surface area contributed by atoms with E-state index >= 15 is 0 Å². The number of benzene rings is 2. The van der Waals surface area contributed by atoms with Crippen LogP contribution in [0.3, 0.4) is 0 Å². The zero-order valence-corrected chi connectivity index (χ0v) is 14.3. The molecule has 2 heterocycles. The lowest BCUT2D eigenvalue weighted by Crippen LogP contribution is -2.27. The van der Waals surface area contributed by atoms with Gasteiger partial charge in [0, 0.05) is 17.1 Å². The van der Waals surface area contributed by atoms with E-state index in [4.69, 9.17) is 15.2 Å². The average molecular weight is 346 g/mol. The number of carbonyl (C=O) groups excluding carboxylic acids is 1. The molecule has 1 aromatic heterocycles. The Kier molecular flexibility index (Phi) is 4.05. The number of nitrogens with two attached hydrogens (primary N) is 1. The predicted octanol–water partition coefficient (Wildman–Crippen LogP) is 3.49. The number of esters is 1.